The number of rotatable bonds is 5. The van der Waals surface area contributed by atoms with E-state index in [9.17, 15) is 5.21 Å². The Morgan fingerprint density at radius 3 is 1.26 bits per heavy atom. The first-order valence-electron chi connectivity index (χ1n) is 6.45. The molecule has 0 aromatic carbocycles. The molecule has 0 aromatic rings. The third-order valence-electron chi connectivity index (χ3n) is 1.16. The minimum absolute atomic E-state index is 0. The molecule has 0 aliphatic rings. The molecule has 0 bridgehead atoms. The van der Waals surface area contributed by atoms with E-state index >= 15 is 0 Å². The van der Waals surface area contributed by atoms with E-state index in [1.54, 1.807) is 28.3 Å². The molecule has 0 unspecified atom stereocenters. The number of ether oxygens (including phenoxy) is 1. The lowest BCUT2D eigenvalue weighted by Crippen LogP contribution is -3.00. The molecule has 0 atom stereocenters. The van der Waals surface area contributed by atoms with Gasteiger partial charge in [0.2, 0.25) is 6.79 Å². The van der Waals surface area contributed by atoms with E-state index in [1.807, 2.05) is 49.1 Å². The fraction of sp³-hybridized carbons (Fsp3) is 0.867. The summed E-state index contributed by atoms with van der Waals surface area (Å²) in [5.74, 6) is 0. The largest absolute Gasteiger partial charge is 1.00 e. The van der Waals surface area contributed by atoms with Crippen LogP contribution in [0.1, 0.15) is 8.85 Å². The summed E-state index contributed by atoms with van der Waals surface area (Å²) in [6, 6.07) is 0. The summed E-state index contributed by atoms with van der Waals surface area (Å²) < 4.78 is 5.22. The van der Waals surface area contributed by atoms with Gasteiger partial charge < -0.3 is 72.4 Å². The molecule has 0 aliphatic heterocycles. The molecule has 0 fully saturated rings. The minimum Gasteiger partial charge on any atom is -1.00 e. The lowest BCUT2D eigenvalue weighted by Gasteiger charge is -2.27. The van der Waals surface area contributed by atoms with Crippen molar-refractivity contribution in [1.82, 2.24) is 0 Å². The molecule has 1 N–H and O–H groups in total. The number of aliphatic hydroxyl groups is 1. The molecule has 0 saturated carbocycles. The Kier molecular flexibility index (Phi) is 67.3. The Morgan fingerprint density at radius 1 is 0.926 bits per heavy atom. The monoisotopic (exact) mass is 742 g/mol. The zero-order valence-electron chi connectivity index (χ0n) is 18.1. The van der Waals surface area contributed by atoms with Gasteiger partial charge in [-0.3, -0.25) is 0 Å². The van der Waals surface area contributed by atoms with Crippen molar-refractivity contribution in [1.29, 1.82) is 0 Å². The second-order valence-corrected chi connectivity index (χ2v) is 6.43. The van der Waals surface area contributed by atoms with Crippen LogP contribution < -0.4 is 48.0 Å². The Bertz CT molecular complexity index is 237. The number of nitrogens with zero attached hydrogens (tertiary/aromatic N) is 3. The molecule has 0 rings (SSSR count). The second kappa shape index (κ2) is 32.1. The third-order valence-corrected chi connectivity index (χ3v) is 1.16. The molecule has 0 radical (unpaired) electrons. The average Bonchev–Trinajstić information content (AvgIpc) is 2.28. The maximum Gasteiger partial charge on any atom is 0.207 e. The molecular weight excluding hydrogens is 694 g/mol. The SMILES string of the molecule is C.C[N+](C)(C)O[11CH2]O[11CH2]O.C[N+](C)(C)O[11CH3].C[N+](C)(C)[O-].I.[11CH2]=O.[11CH3+].[2HH].[I-].[I-]. The highest BCUT2D eigenvalue weighted by molar-refractivity contribution is 14.0. The van der Waals surface area contributed by atoms with Crippen molar-refractivity contribution in [3.05, 3.63) is 12.6 Å². The van der Waals surface area contributed by atoms with Gasteiger partial charge in [0.1, 0.15) is 13.6 Å². The fourth-order valence-corrected chi connectivity index (χ4v) is 0.233. The van der Waals surface area contributed by atoms with Crippen LogP contribution in [0.3, 0.4) is 0 Å². The van der Waals surface area contributed by atoms with E-state index in [1.165, 1.54) is 0 Å². The number of aliphatic hydroxyl groups excluding tert-OH is 1. The zero-order valence-corrected chi connectivity index (χ0v) is 24.8. The molecule has 178 valence electrons. The topological polar surface area (TPSA) is 88.1 Å². The molecule has 0 amide bonds. The lowest BCUT2D eigenvalue weighted by molar-refractivity contribution is -1.07. The summed E-state index contributed by atoms with van der Waals surface area (Å²) in [7, 11) is 17.8. The van der Waals surface area contributed by atoms with E-state index in [0.717, 1.165) is 0 Å². The first-order chi connectivity index (χ1) is 9.62. The summed E-state index contributed by atoms with van der Waals surface area (Å²) in [4.78, 5) is 17.9. The normalized spacial score (nSPS) is 9.04. The number of carbonyl (C=O) groups is 1. The molecule has 0 heterocycles. The minimum atomic E-state index is -0.292. The Labute approximate surface area is 221 Å². The van der Waals surface area contributed by atoms with Gasteiger partial charge in [0.05, 0.1) is 70.5 Å². The first-order valence-corrected chi connectivity index (χ1v) is 6.45. The highest BCUT2D eigenvalue weighted by atomic mass is 127. The Morgan fingerprint density at radius 2 is 1.15 bits per heavy atom. The molecule has 12 heteroatoms. The van der Waals surface area contributed by atoms with Crippen LogP contribution in [0.5, 0.6) is 0 Å². The summed E-state index contributed by atoms with van der Waals surface area (Å²) in [5.41, 5.74) is 0. The number of hydroxylamine groups is 9. The fourth-order valence-electron chi connectivity index (χ4n) is 0.233. The van der Waals surface area contributed by atoms with E-state index in [-0.39, 0.29) is 106 Å². The van der Waals surface area contributed by atoms with Crippen molar-refractivity contribution in [2.75, 3.05) is 84.1 Å². The summed E-state index contributed by atoms with van der Waals surface area (Å²) in [6.07, 6.45) is 0. The third kappa shape index (κ3) is 163. The van der Waals surface area contributed by atoms with Gasteiger partial charge in [-0.15, -0.1) is 24.0 Å². The average molecular weight is 742 g/mol. The van der Waals surface area contributed by atoms with E-state index in [2.05, 4.69) is 4.74 Å². The first kappa shape index (κ1) is 56.7. The van der Waals surface area contributed by atoms with Crippen LogP contribution in [0.2, 0.25) is 0 Å². The van der Waals surface area contributed by atoms with E-state index < -0.39 is 0 Å². The van der Waals surface area contributed by atoms with Crippen LogP contribution in [-0.4, -0.2) is 110 Å². The van der Waals surface area contributed by atoms with Gasteiger partial charge >= 0.3 is 0 Å². The molecule has 0 aliphatic carbocycles. The predicted molar refractivity (Wildman–Crippen MR) is 116 cm³/mol. The number of hydrogen-bond acceptors (Lipinski definition) is 6. The number of halogens is 3. The number of quaternary nitrogens is 3. The number of hydrogen-bond donors (Lipinski definition) is 1. The molecular formula is C15H47I3N3O6+. The highest BCUT2D eigenvalue weighted by Gasteiger charge is 2.06. The van der Waals surface area contributed by atoms with Crippen LogP contribution in [0.15, 0.2) is 0 Å². The molecule has 27 heavy (non-hydrogen) atoms. The van der Waals surface area contributed by atoms with Gasteiger partial charge in [0.15, 0.2) is 0 Å². The lowest BCUT2D eigenvalue weighted by atomic mass is 10.5. The van der Waals surface area contributed by atoms with Gasteiger partial charge in [0, 0.05) is 8.85 Å². The smallest absolute Gasteiger partial charge is 0.207 e. The van der Waals surface area contributed by atoms with Crippen molar-refractivity contribution >= 4 is 30.8 Å². The summed E-state index contributed by atoms with van der Waals surface area (Å²) in [5, 5.41) is 18.2. The van der Waals surface area contributed by atoms with Gasteiger partial charge in [-0.05, 0) is 0 Å². The van der Waals surface area contributed by atoms with Crippen molar-refractivity contribution < 1.29 is 87.6 Å². The Balaban J connectivity index is -0.0000000194. The van der Waals surface area contributed by atoms with Gasteiger partial charge in [-0.2, -0.15) is 14.1 Å². The van der Waals surface area contributed by atoms with E-state index in [4.69, 9.17) is 19.6 Å². The van der Waals surface area contributed by atoms with Crippen LogP contribution in [0, 0.1) is 12.6 Å². The van der Waals surface area contributed by atoms with Gasteiger partial charge in [-0.1, -0.05) is 7.43 Å². The maximum atomic E-state index is 10.0. The van der Waals surface area contributed by atoms with Crippen LogP contribution in [-0.2, 0) is 19.2 Å². The highest BCUT2D eigenvalue weighted by Crippen LogP contribution is 1.90. The van der Waals surface area contributed by atoms with Crippen molar-refractivity contribution in [3.63, 3.8) is 0 Å². The molecule has 0 saturated heterocycles. The zero-order chi connectivity index (χ0) is 19.0. The van der Waals surface area contributed by atoms with Crippen LogP contribution >= 0.6 is 24.0 Å². The molecule has 0 spiro atoms. The van der Waals surface area contributed by atoms with E-state index in [0.29, 0.717) is 9.29 Å². The van der Waals surface area contributed by atoms with Crippen molar-refractivity contribution in [2.45, 2.75) is 7.43 Å². The van der Waals surface area contributed by atoms with Crippen molar-refractivity contribution in [3.8, 4) is 0 Å². The molecule has 9 nitrogen and oxygen atoms in total. The summed E-state index contributed by atoms with van der Waals surface area (Å²) in [6.45, 7) is 1.83. The number of carbonyl (C=O) groups excluding carboxylic acids is 1. The molecule has 0 aromatic heterocycles. The Hall–Kier alpha value is 1.41. The van der Waals surface area contributed by atoms with Crippen LogP contribution in [0.4, 0.5) is 0 Å². The predicted octanol–water partition coefficient (Wildman–Crippen LogP) is -4.23. The standard InChI is InChI=1S/C5H14NO3.C4H12NO.C3H9NO.CH2O.CH4.CH3.3HI.H2/c1-6(2,3)9-5-8-4-7;1-5(2,3)6-4;1-4(2,3)5;1-2;;;;;;/h7H,4-5H2,1-3H3;1-4H3;1-3H3;1H2;1H4;1H3;4*1H/q2*+1;;;;+1;;;;/p-2/i4-1,5-1;4-1;;1-1;;1-1;;;;1+1. The second-order valence-electron chi connectivity index (χ2n) is 6.43. The maximum absolute atomic E-state index is 10.0. The van der Waals surface area contributed by atoms with Gasteiger partial charge in [-0.25, -0.2) is 4.84 Å². The van der Waals surface area contributed by atoms with Gasteiger partial charge in [0.25, 0.3) is 0 Å². The summed E-state index contributed by atoms with van der Waals surface area (Å²) >= 11 is 0. The quantitative estimate of drug-likeness (QED) is 0.0769. The van der Waals surface area contributed by atoms with Crippen LogP contribution in [0.25, 0.3) is 0 Å². The van der Waals surface area contributed by atoms with Crippen molar-refractivity contribution in [2.24, 2.45) is 0 Å².